The van der Waals surface area contributed by atoms with Crippen molar-refractivity contribution < 1.29 is 22.7 Å². The van der Waals surface area contributed by atoms with E-state index in [0.717, 1.165) is 0 Å². The third-order valence-corrected chi connectivity index (χ3v) is 7.14. The van der Waals surface area contributed by atoms with Crippen molar-refractivity contribution in [3.63, 3.8) is 0 Å². The summed E-state index contributed by atoms with van der Waals surface area (Å²) in [6.45, 7) is 3.52. The minimum Gasteiger partial charge on any atom is -0.455 e. The zero-order valence-electron chi connectivity index (χ0n) is 15.8. The van der Waals surface area contributed by atoms with Gasteiger partial charge in [-0.15, -0.1) is 0 Å². The summed E-state index contributed by atoms with van der Waals surface area (Å²) in [7, 11) is -3.24. The Morgan fingerprint density at radius 2 is 1.93 bits per heavy atom. The molecule has 1 amide bonds. The molecule has 10 heteroatoms. The number of carbonyl (C=O) groups excluding carboxylic acids is 2. The van der Waals surface area contributed by atoms with Crippen molar-refractivity contribution >= 4 is 45.1 Å². The van der Waals surface area contributed by atoms with Crippen LogP contribution in [-0.4, -0.2) is 50.0 Å². The first-order chi connectivity index (χ1) is 13.1. The number of ether oxygens (including phenoxy) is 1. The van der Waals surface area contributed by atoms with Crippen LogP contribution in [-0.2, 0) is 24.3 Å². The molecule has 1 heterocycles. The SMILES string of the molecule is CCS(=O)(=O)N1CCC(C(=O)OCC(=O)NC(C)c2ccc(Cl)cc2Cl)CC1. The average Bonchev–Trinajstić information content (AvgIpc) is 2.66. The number of halogens is 2. The Hall–Kier alpha value is -1.35. The summed E-state index contributed by atoms with van der Waals surface area (Å²) in [6, 6.07) is 4.61. The minimum atomic E-state index is -3.24. The van der Waals surface area contributed by atoms with Crippen molar-refractivity contribution in [2.75, 3.05) is 25.4 Å². The van der Waals surface area contributed by atoms with Crippen molar-refractivity contribution in [3.8, 4) is 0 Å². The van der Waals surface area contributed by atoms with Crippen LogP contribution in [0.2, 0.25) is 10.0 Å². The number of hydrogen-bond acceptors (Lipinski definition) is 5. The minimum absolute atomic E-state index is 0.0398. The van der Waals surface area contributed by atoms with Crippen LogP contribution >= 0.6 is 23.2 Å². The number of hydrogen-bond donors (Lipinski definition) is 1. The largest absolute Gasteiger partial charge is 0.455 e. The molecule has 7 nitrogen and oxygen atoms in total. The molecule has 0 saturated carbocycles. The maximum Gasteiger partial charge on any atom is 0.309 e. The van der Waals surface area contributed by atoms with E-state index in [4.69, 9.17) is 27.9 Å². The van der Waals surface area contributed by atoms with Crippen LogP contribution < -0.4 is 5.32 Å². The number of benzene rings is 1. The fourth-order valence-electron chi connectivity index (χ4n) is 3.02. The van der Waals surface area contributed by atoms with Crippen LogP contribution in [0.15, 0.2) is 18.2 Å². The number of rotatable bonds is 7. The van der Waals surface area contributed by atoms with Gasteiger partial charge >= 0.3 is 5.97 Å². The van der Waals surface area contributed by atoms with Gasteiger partial charge in [-0.1, -0.05) is 29.3 Å². The Kier molecular flexibility index (Phi) is 8.12. The Morgan fingerprint density at radius 1 is 1.29 bits per heavy atom. The van der Waals surface area contributed by atoms with Gasteiger partial charge in [-0.25, -0.2) is 12.7 Å². The number of esters is 1. The van der Waals surface area contributed by atoms with Crippen LogP contribution in [0.4, 0.5) is 0 Å². The first-order valence-corrected chi connectivity index (χ1v) is 11.4. The van der Waals surface area contributed by atoms with E-state index in [-0.39, 0.29) is 24.9 Å². The number of nitrogens with zero attached hydrogens (tertiary/aromatic N) is 1. The van der Waals surface area contributed by atoms with Crippen LogP contribution in [0.5, 0.6) is 0 Å². The van der Waals surface area contributed by atoms with Crippen LogP contribution in [0.3, 0.4) is 0 Å². The molecular weight excluding hydrogens is 427 g/mol. The molecule has 1 atom stereocenters. The normalized spacial score (nSPS) is 17.1. The molecule has 1 aliphatic rings. The number of carbonyl (C=O) groups is 2. The number of piperidine rings is 1. The lowest BCUT2D eigenvalue weighted by atomic mass is 9.98. The molecule has 1 N–H and O–H groups in total. The third-order valence-electron chi connectivity index (χ3n) is 4.70. The first-order valence-electron chi connectivity index (χ1n) is 9.02. The molecule has 1 aliphatic heterocycles. The predicted molar refractivity (Wildman–Crippen MR) is 108 cm³/mol. The predicted octanol–water partition coefficient (Wildman–Crippen LogP) is 2.78. The molecular formula is C18H24Cl2N2O5S. The second kappa shape index (κ2) is 9.91. The highest BCUT2D eigenvalue weighted by molar-refractivity contribution is 7.89. The molecule has 156 valence electrons. The molecule has 1 aromatic carbocycles. The fraction of sp³-hybridized carbons (Fsp3) is 0.556. The van der Waals surface area contributed by atoms with E-state index in [1.807, 2.05) is 0 Å². The van der Waals surface area contributed by atoms with Gasteiger partial charge in [-0.2, -0.15) is 0 Å². The van der Waals surface area contributed by atoms with Gasteiger partial charge in [0.25, 0.3) is 5.91 Å². The topological polar surface area (TPSA) is 92.8 Å². The van der Waals surface area contributed by atoms with Gasteiger partial charge in [0.1, 0.15) is 0 Å². The van der Waals surface area contributed by atoms with Gasteiger partial charge in [-0.3, -0.25) is 9.59 Å². The highest BCUT2D eigenvalue weighted by Gasteiger charge is 2.31. The molecule has 2 rings (SSSR count). The summed E-state index contributed by atoms with van der Waals surface area (Å²) < 4.78 is 30.2. The highest BCUT2D eigenvalue weighted by Crippen LogP contribution is 2.26. The average molecular weight is 451 g/mol. The summed E-state index contributed by atoms with van der Waals surface area (Å²) in [5.74, 6) is -1.30. The zero-order valence-corrected chi connectivity index (χ0v) is 18.1. The van der Waals surface area contributed by atoms with Gasteiger partial charge in [0.05, 0.1) is 17.7 Å². The van der Waals surface area contributed by atoms with Gasteiger partial charge in [0.15, 0.2) is 6.61 Å². The van der Waals surface area contributed by atoms with E-state index in [1.54, 1.807) is 32.0 Å². The molecule has 1 aromatic rings. The van der Waals surface area contributed by atoms with Gasteiger partial charge in [0, 0.05) is 23.1 Å². The molecule has 0 spiro atoms. The molecule has 28 heavy (non-hydrogen) atoms. The molecule has 0 radical (unpaired) electrons. The lowest BCUT2D eigenvalue weighted by Gasteiger charge is -2.29. The standard InChI is InChI=1S/C18H24Cl2N2O5S/c1-3-28(25,26)22-8-6-13(7-9-22)18(24)27-11-17(23)21-12(2)15-5-4-14(19)10-16(15)20/h4-5,10,12-13H,3,6-9,11H2,1-2H3,(H,21,23). The molecule has 1 fully saturated rings. The van der Waals surface area contributed by atoms with E-state index >= 15 is 0 Å². The van der Waals surface area contributed by atoms with E-state index in [0.29, 0.717) is 28.5 Å². The quantitative estimate of drug-likeness (QED) is 0.644. The van der Waals surface area contributed by atoms with Crippen LogP contribution in [0.1, 0.15) is 38.3 Å². The Balaban J connectivity index is 1.79. The summed E-state index contributed by atoms with van der Waals surface area (Å²) in [6.07, 6.45) is 0.771. The third kappa shape index (κ3) is 6.07. The second-order valence-electron chi connectivity index (χ2n) is 6.64. The van der Waals surface area contributed by atoms with E-state index in [9.17, 15) is 18.0 Å². The maximum atomic E-state index is 12.2. The van der Waals surface area contributed by atoms with Crippen molar-refractivity contribution in [1.82, 2.24) is 9.62 Å². The Bertz CT molecular complexity index is 823. The van der Waals surface area contributed by atoms with Gasteiger partial charge in [0.2, 0.25) is 10.0 Å². The molecule has 0 aromatic heterocycles. The molecule has 1 saturated heterocycles. The fourth-order valence-corrected chi connectivity index (χ4v) is 4.72. The highest BCUT2D eigenvalue weighted by atomic mass is 35.5. The Labute approximate surface area is 175 Å². The van der Waals surface area contributed by atoms with Crippen molar-refractivity contribution in [2.24, 2.45) is 5.92 Å². The lowest BCUT2D eigenvalue weighted by Crippen LogP contribution is -2.41. The Morgan fingerprint density at radius 3 is 2.50 bits per heavy atom. The molecule has 1 unspecified atom stereocenters. The van der Waals surface area contributed by atoms with Crippen molar-refractivity contribution in [3.05, 3.63) is 33.8 Å². The monoisotopic (exact) mass is 450 g/mol. The van der Waals surface area contributed by atoms with Crippen LogP contribution in [0.25, 0.3) is 0 Å². The summed E-state index contributed by atoms with van der Waals surface area (Å²) in [4.78, 5) is 24.2. The van der Waals surface area contributed by atoms with Crippen molar-refractivity contribution in [2.45, 2.75) is 32.7 Å². The number of amides is 1. The molecule has 0 bridgehead atoms. The van der Waals surface area contributed by atoms with Crippen molar-refractivity contribution in [1.29, 1.82) is 0 Å². The van der Waals surface area contributed by atoms with E-state index < -0.39 is 34.4 Å². The van der Waals surface area contributed by atoms with E-state index in [2.05, 4.69) is 5.32 Å². The lowest BCUT2D eigenvalue weighted by molar-refractivity contribution is -0.153. The number of sulfonamides is 1. The first kappa shape index (κ1) is 22.9. The zero-order chi connectivity index (χ0) is 20.9. The smallest absolute Gasteiger partial charge is 0.309 e. The number of nitrogens with one attached hydrogen (secondary N) is 1. The van der Waals surface area contributed by atoms with Gasteiger partial charge < -0.3 is 10.1 Å². The second-order valence-corrected chi connectivity index (χ2v) is 9.74. The summed E-state index contributed by atoms with van der Waals surface area (Å²) in [5, 5.41) is 3.65. The molecule has 0 aliphatic carbocycles. The summed E-state index contributed by atoms with van der Waals surface area (Å²) >= 11 is 12.0. The van der Waals surface area contributed by atoms with E-state index in [1.165, 1.54) is 4.31 Å². The van der Waals surface area contributed by atoms with Gasteiger partial charge in [-0.05, 0) is 44.4 Å². The van der Waals surface area contributed by atoms with Crippen LogP contribution in [0, 0.1) is 5.92 Å². The summed E-state index contributed by atoms with van der Waals surface area (Å²) in [5.41, 5.74) is 0.704. The maximum absolute atomic E-state index is 12.2.